The Morgan fingerprint density at radius 3 is 2.43 bits per heavy atom. The highest BCUT2D eigenvalue weighted by atomic mass is 19.1. The molecule has 3 rings (SSSR count). The molecule has 1 fully saturated rings. The SMILES string of the molecule is NNc1ccc(N2CCN(c3ccccn3)CC2)c(F)c1. The zero-order valence-corrected chi connectivity index (χ0v) is 11.7. The number of nitrogens with two attached hydrogens (primary N) is 1. The molecule has 1 aromatic heterocycles. The van der Waals surface area contributed by atoms with Gasteiger partial charge in [0.2, 0.25) is 0 Å². The number of hydrogen-bond donors (Lipinski definition) is 2. The largest absolute Gasteiger partial charge is 0.366 e. The topological polar surface area (TPSA) is 57.4 Å². The standard InChI is InChI=1S/C15H18FN5/c16-13-11-12(19-17)4-5-14(13)20-7-9-21(10-8-20)15-3-1-2-6-18-15/h1-6,11,19H,7-10,17H2. The second-order valence-electron chi connectivity index (χ2n) is 4.97. The monoisotopic (exact) mass is 287 g/mol. The summed E-state index contributed by atoms with van der Waals surface area (Å²) in [5.41, 5.74) is 3.64. The number of hydrogen-bond acceptors (Lipinski definition) is 5. The summed E-state index contributed by atoms with van der Waals surface area (Å²) in [5, 5.41) is 0. The fraction of sp³-hybridized carbons (Fsp3) is 0.267. The van der Waals surface area contributed by atoms with Crippen molar-refractivity contribution in [3.8, 4) is 0 Å². The van der Waals surface area contributed by atoms with Crippen LogP contribution in [-0.4, -0.2) is 31.2 Å². The third-order valence-corrected chi connectivity index (χ3v) is 3.71. The molecular weight excluding hydrogens is 269 g/mol. The van der Waals surface area contributed by atoms with Gasteiger partial charge in [0, 0.05) is 38.4 Å². The van der Waals surface area contributed by atoms with E-state index in [2.05, 4.69) is 20.2 Å². The summed E-state index contributed by atoms with van der Waals surface area (Å²) in [6.07, 6.45) is 1.79. The fourth-order valence-electron chi connectivity index (χ4n) is 2.57. The quantitative estimate of drug-likeness (QED) is 0.666. The number of benzene rings is 1. The highest BCUT2D eigenvalue weighted by Gasteiger charge is 2.20. The summed E-state index contributed by atoms with van der Waals surface area (Å²) in [7, 11) is 0. The van der Waals surface area contributed by atoms with Crippen LogP contribution in [0.5, 0.6) is 0 Å². The van der Waals surface area contributed by atoms with Gasteiger partial charge in [-0.05, 0) is 24.3 Å². The highest BCUT2D eigenvalue weighted by Crippen LogP contribution is 2.24. The van der Waals surface area contributed by atoms with Gasteiger partial charge in [-0.1, -0.05) is 6.07 Å². The molecule has 110 valence electrons. The molecule has 0 saturated carbocycles. The molecule has 0 amide bonds. The van der Waals surface area contributed by atoms with E-state index in [0.717, 1.165) is 32.0 Å². The minimum Gasteiger partial charge on any atom is -0.366 e. The summed E-state index contributed by atoms with van der Waals surface area (Å²) in [6, 6.07) is 10.8. The first-order valence-corrected chi connectivity index (χ1v) is 6.95. The first-order valence-electron chi connectivity index (χ1n) is 6.95. The van der Waals surface area contributed by atoms with E-state index < -0.39 is 0 Å². The number of aromatic nitrogens is 1. The van der Waals surface area contributed by atoms with Crippen LogP contribution < -0.4 is 21.1 Å². The van der Waals surface area contributed by atoms with E-state index in [1.165, 1.54) is 6.07 Å². The summed E-state index contributed by atoms with van der Waals surface area (Å²) in [6.45, 7) is 3.19. The van der Waals surface area contributed by atoms with Crippen LogP contribution in [0.1, 0.15) is 0 Å². The molecule has 0 unspecified atom stereocenters. The van der Waals surface area contributed by atoms with Gasteiger partial charge in [0.05, 0.1) is 11.4 Å². The number of nitrogens with zero attached hydrogens (tertiary/aromatic N) is 3. The molecule has 2 aromatic rings. The second kappa shape index (κ2) is 5.97. The summed E-state index contributed by atoms with van der Waals surface area (Å²) < 4.78 is 14.1. The van der Waals surface area contributed by atoms with Crippen molar-refractivity contribution in [1.29, 1.82) is 0 Å². The Labute approximate surface area is 123 Å². The van der Waals surface area contributed by atoms with Gasteiger partial charge in [0.15, 0.2) is 0 Å². The van der Waals surface area contributed by atoms with Gasteiger partial charge in [-0.2, -0.15) is 0 Å². The van der Waals surface area contributed by atoms with Crippen molar-refractivity contribution in [3.63, 3.8) is 0 Å². The lowest BCUT2D eigenvalue weighted by molar-refractivity contribution is 0.596. The Balaban J connectivity index is 1.68. The third-order valence-electron chi connectivity index (χ3n) is 3.71. The summed E-state index contributed by atoms with van der Waals surface area (Å²) in [5.74, 6) is 6.01. The molecule has 0 bridgehead atoms. The van der Waals surface area contributed by atoms with Gasteiger partial charge in [0.25, 0.3) is 0 Å². The Morgan fingerprint density at radius 1 is 1.05 bits per heavy atom. The Morgan fingerprint density at radius 2 is 1.81 bits per heavy atom. The normalized spacial score (nSPS) is 15.1. The number of hydrazine groups is 1. The number of nitrogen functional groups attached to an aromatic ring is 1. The van der Waals surface area contributed by atoms with Crippen molar-refractivity contribution in [2.75, 3.05) is 41.4 Å². The predicted octanol–water partition coefficient (Wildman–Crippen LogP) is 1.83. The Bertz CT molecular complexity index is 596. The summed E-state index contributed by atoms with van der Waals surface area (Å²) in [4.78, 5) is 8.61. The van der Waals surface area contributed by atoms with Crippen LogP contribution in [0.25, 0.3) is 0 Å². The first kappa shape index (κ1) is 13.6. The van der Waals surface area contributed by atoms with Gasteiger partial charge in [-0.15, -0.1) is 0 Å². The molecule has 1 aliphatic heterocycles. The number of nitrogens with one attached hydrogen (secondary N) is 1. The van der Waals surface area contributed by atoms with E-state index in [-0.39, 0.29) is 5.82 Å². The van der Waals surface area contributed by atoms with Crippen LogP contribution in [0.4, 0.5) is 21.6 Å². The zero-order chi connectivity index (χ0) is 14.7. The van der Waals surface area contributed by atoms with Gasteiger partial charge >= 0.3 is 0 Å². The van der Waals surface area contributed by atoms with Crippen LogP contribution >= 0.6 is 0 Å². The molecule has 5 nitrogen and oxygen atoms in total. The molecule has 1 saturated heterocycles. The van der Waals surface area contributed by atoms with Crippen molar-refractivity contribution < 1.29 is 4.39 Å². The molecular formula is C15H18FN5. The minimum absolute atomic E-state index is 0.253. The second-order valence-corrected chi connectivity index (χ2v) is 4.97. The van der Waals surface area contributed by atoms with Gasteiger partial charge in [-0.25, -0.2) is 9.37 Å². The maximum atomic E-state index is 14.1. The molecule has 0 atom stereocenters. The maximum Gasteiger partial charge on any atom is 0.148 e. The number of piperazine rings is 1. The number of anilines is 3. The lowest BCUT2D eigenvalue weighted by Gasteiger charge is -2.36. The summed E-state index contributed by atoms with van der Waals surface area (Å²) >= 11 is 0. The van der Waals surface area contributed by atoms with Gasteiger partial charge in [0.1, 0.15) is 11.6 Å². The molecule has 0 spiro atoms. The zero-order valence-electron chi connectivity index (χ0n) is 11.7. The molecule has 6 heteroatoms. The van der Waals surface area contributed by atoms with E-state index in [4.69, 9.17) is 5.84 Å². The smallest absolute Gasteiger partial charge is 0.148 e. The minimum atomic E-state index is -0.253. The van der Waals surface area contributed by atoms with E-state index in [1.54, 1.807) is 18.3 Å². The van der Waals surface area contributed by atoms with Gasteiger partial charge in [-0.3, -0.25) is 5.84 Å². The van der Waals surface area contributed by atoms with Crippen LogP contribution in [-0.2, 0) is 0 Å². The van der Waals surface area contributed by atoms with Crippen molar-refractivity contribution in [1.82, 2.24) is 4.98 Å². The maximum absolute atomic E-state index is 14.1. The van der Waals surface area contributed by atoms with Crippen LogP contribution in [0.15, 0.2) is 42.6 Å². The van der Waals surface area contributed by atoms with Crippen molar-refractivity contribution >= 4 is 17.2 Å². The lowest BCUT2D eigenvalue weighted by atomic mass is 10.2. The molecule has 0 aliphatic carbocycles. The molecule has 2 heterocycles. The van der Waals surface area contributed by atoms with Crippen molar-refractivity contribution in [2.24, 2.45) is 5.84 Å². The van der Waals surface area contributed by atoms with Crippen molar-refractivity contribution in [2.45, 2.75) is 0 Å². The predicted molar refractivity (Wildman–Crippen MR) is 82.9 cm³/mol. The lowest BCUT2D eigenvalue weighted by Crippen LogP contribution is -2.47. The van der Waals surface area contributed by atoms with Gasteiger partial charge < -0.3 is 15.2 Å². The number of rotatable bonds is 3. The van der Waals surface area contributed by atoms with Crippen molar-refractivity contribution in [3.05, 3.63) is 48.4 Å². The van der Waals surface area contributed by atoms with Crippen LogP contribution in [0, 0.1) is 5.82 Å². The highest BCUT2D eigenvalue weighted by molar-refractivity contribution is 5.57. The molecule has 1 aromatic carbocycles. The number of pyridine rings is 1. The average molecular weight is 287 g/mol. The van der Waals surface area contributed by atoms with E-state index in [9.17, 15) is 4.39 Å². The third kappa shape index (κ3) is 2.90. The van der Waals surface area contributed by atoms with E-state index in [1.807, 2.05) is 18.2 Å². The average Bonchev–Trinajstić information content (AvgIpc) is 2.56. The molecule has 21 heavy (non-hydrogen) atoms. The van der Waals surface area contributed by atoms with E-state index >= 15 is 0 Å². The fourth-order valence-corrected chi connectivity index (χ4v) is 2.57. The first-order chi connectivity index (χ1) is 10.3. The Kier molecular flexibility index (Phi) is 3.87. The van der Waals surface area contributed by atoms with E-state index in [0.29, 0.717) is 11.4 Å². The van der Waals surface area contributed by atoms with Crippen LogP contribution in [0.2, 0.25) is 0 Å². The Hall–Kier alpha value is -2.34. The molecule has 3 N–H and O–H groups in total. The van der Waals surface area contributed by atoms with Crippen LogP contribution in [0.3, 0.4) is 0 Å². The molecule has 0 radical (unpaired) electrons. The number of halogens is 1. The molecule has 1 aliphatic rings.